The third kappa shape index (κ3) is 4.95. The fourth-order valence-corrected chi connectivity index (χ4v) is 2.37. The number of hydrogen-bond acceptors (Lipinski definition) is 5. The molecule has 6 nitrogen and oxygen atoms in total. The van der Waals surface area contributed by atoms with Crippen molar-refractivity contribution in [1.29, 1.82) is 0 Å². The van der Waals surface area contributed by atoms with Gasteiger partial charge in [0.15, 0.2) is 5.78 Å². The van der Waals surface area contributed by atoms with Crippen LogP contribution in [0.15, 0.2) is 36.4 Å². The molecule has 2 rings (SSSR count). The van der Waals surface area contributed by atoms with Crippen LogP contribution in [0.3, 0.4) is 0 Å². The van der Waals surface area contributed by atoms with Crippen LogP contribution in [0, 0.1) is 11.8 Å². The molecule has 2 aromatic rings. The topological polar surface area (TPSA) is 94.9 Å². The van der Waals surface area contributed by atoms with Gasteiger partial charge in [-0.1, -0.05) is 24.0 Å². The number of aromatic hydroxyl groups is 1. The monoisotopic (exact) mass is 365 g/mol. The van der Waals surface area contributed by atoms with E-state index in [0.29, 0.717) is 22.4 Å². The SMILES string of the molecule is CC(=O)C(=O)Cc1ccc(C#Cc2cc(C(=O)O)c(O)cc2N(C)C)cc1. The molecule has 0 atom stereocenters. The molecule has 0 amide bonds. The van der Waals surface area contributed by atoms with Gasteiger partial charge in [0.2, 0.25) is 5.78 Å². The Labute approximate surface area is 157 Å². The van der Waals surface area contributed by atoms with Gasteiger partial charge in [-0.2, -0.15) is 0 Å². The van der Waals surface area contributed by atoms with Crippen molar-refractivity contribution in [2.45, 2.75) is 13.3 Å². The lowest BCUT2D eigenvalue weighted by Crippen LogP contribution is -2.12. The summed E-state index contributed by atoms with van der Waals surface area (Å²) in [5.74, 6) is 3.38. The van der Waals surface area contributed by atoms with Gasteiger partial charge < -0.3 is 15.1 Å². The number of benzene rings is 2. The van der Waals surface area contributed by atoms with E-state index in [0.717, 1.165) is 0 Å². The van der Waals surface area contributed by atoms with Crippen LogP contribution in [-0.4, -0.2) is 41.8 Å². The average Bonchev–Trinajstić information content (AvgIpc) is 2.61. The Balaban J connectivity index is 2.34. The van der Waals surface area contributed by atoms with Crippen LogP contribution in [0.5, 0.6) is 5.75 Å². The number of carboxylic acid groups (broad SMARTS) is 1. The normalized spacial score (nSPS) is 9.89. The van der Waals surface area contributed by atoms with E-state index in [1.165, 1.54) is 19.1 Å². The second kappa shape index (κ2) is 8.19. The van der Waals surface area contributed by atoms with Gasteiger partial charge in [-0.05, 0) is 23.8 Å². The highest BCUT2D eigenvalue weighted by Crippen LogP contribution is 2.28. The fraction of sp³-hybridized carbons (Fsp3) is 0.190. The molecule has 138 valence electrons. The lowest BCUT2D eigenvalue weighted by atomic mass is 10.0. The highest BCUT2D eigenvalue weighted by molar-refractivity contribution is 6.36. The maximum absolute atomic E-state index is 11.5. The van der Waals surface area contributed by atoms with E-state index in [-0.39, 0.29) is 17.7 Å². The molecule has 0 saturated heterocycles. The predicted molar refractivity (Wildman–Crippen MR) is 101 cm³/mol. The van der Waals surface area contributed by atoms with Crippen molar-refractivity contribution in [2.24, 2.45) is 0 Å². The van der Waals surface area contributed by atoms with Crippen molar-refractivity contribution in [2.75, 3.05) is 19.0 Å². The first-order chi connectivity index (χ1) is 12.7. The summed E-state index contributed by atoms with van der Waals surface area (Å²) < 4.78 is 0. The number of ketones is 2. The van der Waals surface area contributed by atoms with E-state index in [9.17, 15) is 24.6 Å². The first-order valence-electron chi connectivity index (χ1n) is 8.11. The third-order valence-corrected chi connectivity index (χ3v) is 3.88. The molecule has 0 aliphatic carbocycles. The van der Waals surface area contributed by atoms with E-state index in [2.05, 4.69) is 11.8 Å². The van der Waals surface area contributed by atoms with Crippen LogP contribution in [0.4, 0.5) is 5.69 Å². The molecule has 27 heavy (non-hydrogen) atoms. The first kappa shape index (κ1) is 19.7. The van der Waals surface area contributed by atoms with Gasteiger partial charge in [0.25, 0.3) is 0 Å². The van der Waals surface area contributed by atoms with Crippen molar-refractivity contribution < 1.29 is 24.6 Å². The highest BCUT2D eigenvalue weighted by atomic mass is 16.4. The number of phenols is 1. The number of carbonyl (C=O) groups is 3. The van der Waals surface area contributed by atoms with Gasteiger partial charge in [-0.15, -0.1) is 0 Å². The molecule has 0 fully saturated rings. The summed E-state index contributed by atoms with van der Waals surface area (Å²) in [5.41, 5.74) is 2.22. The van der Waals surface area contributed by atoms with Crippen molar-refractivity contribution in [3.8, 4) is 17.6 Å². The third-order valence-electron chi connectivity index (χ3n) is 3.88. The molecule has 0 bridgehead atoms. The van der Waals surface area contributed by atoms with Gasteiger partial charge in [-0.25, -0.2) is 4.79 Å². The number of Topliss-reactive ketones (excluding diaryl/α,β-unsaturated/α-hetero) is 2. The van der Waals surface area contributed by atoms with Gasteiger partial charge in [0.05, 0.1) is 5.69 Å². The zero-order chi connectivity index (χ0) is 20.1. The molecule has 0 saturated carbocycles. The summed E-state index contributed by atoms with van der Waals surface area (Å²) in [7, 11) is 3.53. The first-order valence-corrected chi connectivity index (χ1v) is 8.11. The number of carboxylic acids is 1. The van der Waals surface area contributed by atoms with Crippen molar-refractivity contribution in [3.63, 3.8) is 0 Å². The summed E-state index contributed by atoms with van der Waals surface area (Å²) >= 11 is 0. The van der Waals surface area contributed by atoms with E-state index in [4.69, 9.17) is 0 Å². The maximum Gasteiger partial charge on any atom is 0.339 e. The van der Waals surface area contributed by atoms with Crippen molar-refractivity contribution in [1.82, 2.24) is 0 Å². The van der Waals surface area contributed by atoms with Crippen LogP contribution in [0.2, 0.25) is 0 Å². The van der Waals surface area contributed by atoms with Crippen LogP contribution >= 0.6 is 0 Å². The molecule has 0 aromatic heterocycles. The Bertz CT molecular complexity index is 963. The Morgan fingerprint density at radius 3 is 2.19 bits per heavy atom. The summed E-state index contributed by atoms with van der Waals surface area (Å²) in [5, 5.41) is 19.0. The van der Waals surface area contributed by atoms with Gasteiger partial charge in [-0.3, -0.25) is 9.59 Å². The van der Waals surface area contributed by atoms with Gasteiger partial charge in [0.1, 0.15) is 11.3 Å². The minimum absolute atomic E-state index is 0.0494. The van der Waals surface area contributed by atoms with E-state index < -0.39 is 17.5 Å². The Morgan fingerprint density at radius 1 is 1.04 bits per heavy atom. The number of carbonyl (C=O) groups excluding carboxylic acids is 2. The Morgan fingerprint density at radius 2 is 1.67 bits per heavy atom. The van der Waals surface area contributed by atoms with Gasteiger partial charge in [0, 0.05) is 44.6 Å². The molecular weight excluding hydrogens is 346 g/mol. The predicted octanol–water partition coefficient (Wildman–Crippen LogP) is 2.26. The van der Waals surface area contributed by atoms with E-state index in [1.54, 1.807) is 43.3 Å². The Kier molecular flexibility index (Phi) is 5.99. The van der Waals surface area contributed by atoms with Crippen molar-refractivity contribution >= 4 is 23.2 Å². The summed E-state index contributed by atoms with van der Waals surface area (Å²) in [4.78, 5) is 35.5. The molecule has 2 aromatic carbocycles. The molecule has 0 unspecified atom stereocenters. The quantitative estimate of drug-likeness (QED) is 0.623. The fourth-order valence-electron chi connectivity index (χ4n) is 2.37. The molecule has 0 aliphatic heterocycles. The molecule has 6 heteroatoms. The minimum Gasteiger partial charge on any atom is -0.507 e. The molecule has 0 radical (unpaired) electrons. The molecule has 0 spiro atoms. The van der Waals surface area contributed by atoms with Crippen LogP contribution in [0.25, 0.3) is 0 Å². The molecule has 0 heterocycles. The van der Waals surface area contributed by atoms with Gasteiger partial charge >= 0.3 is 5.97 Å². The summed E-state index contributed by atoms with van der Waals surface area (Å²) in [6.07, 6.45) is 0.0494. The number of rotatable bonds is 5. The standard InChI is InChI=1S/C21H19NO5/c1-13(23)19(24)10-15-6-4-14(5-7-15)8-9-16-11-17(21(26)27)20(25)12-18(16)22(2)3/h4-7,11-12,25H,10H2,1-3H3,(H,26,27). The molecule has 0 aliphatic rings. The maximum atomic E-state index is 11.5. The lowest BCUT2D eigenvalue weighted by Gasteiger charge is -2.16. The van der Waals surface area contributed by atoms with Crippen LogP contribution in [0.1, 0.15) is 34.0 Å². The number of anilines is 1. The highest BCUT2D eigenvalue weighted by Gasteiger charge is 2.14. The van der Waals surface area contributed by atoms with E-state index >= 15 is 0 Å². The molecule has 2 N–H and O–H groups in total. The van der Waals surface area contributed by atoms with Crippen molar-refractivity contribution in [3.05, 3.63) is 58.7 Å². The van der Waals surface area contributed by atoms with Crippen LogP contribution < -0.4 is 4.90 Å². The smallest absolute Gasteiger partial charge is 0.339 e. The average molecular weight is 365 g/mol. The zero-order valence-corrected chi connectivity index (χ0v) is 15.2. The summed E-state index contributed by atoms with van der Waals surface area (Å²) in [6, 6.07) is 9.59. The largest absolute Gasteiger partial charge is 0.507 e. The molecular formula is C21H19NO5. The minimum atomic E-state index is -1.24. The number of hydrogen-bond donors (Lipinski definition) is 2. The summed E-state index contributed by atoms with van der Waals surface area (Å²) in [6.45, 7) is 1.24. The Hall–Kier alpha value is -3.59. The number of nitrogens with zero attached hydrogens (tertiary/aromatic N) is 1. The number of aromatic carboxylic acids is 1. The lowest BCUT2D eigenvalue weighted by molar-refractivity contribution is -0.134. The second-order valence-electron chi connectivity index (χ2n) is 6.19. The zero-order valence-electron chi connectivity index (χ0n) is 15.2. The van der Waals surface area contributed by atoms with E-state index in [1.807, 2.05) is 0 Å². The second-order valence-corrected chi connectivity index (χ2v) is 6.19. The van der Waals surface area contributed by atoms with Crippen LogP contribution in [-0.2, 0) is 16.0 Å².